The van der Waals surface area contributed by atoms with E-state index in [1.165, 1.54) is 16.7 Å². The minimum atomic E-state index is 0.0326. The van der Waals surface area contributed by atoms with Crippen LogP contribution in [0.25, 0.3) is 0 Å². The number of aryl methyl sites for hydroxylation is 1. The van der Waals surface area contributed by atoms with Crippen LogP contribution in [-0.2, 0) is 10.7 Å². The molecular weight excluding hydrogens is 260 g/mol. The lowest BCUT2D eigenvalue weighted by Gasteiger charge is -2.23. The Labute approximate surface area is 104 Å². The van der Waals surface area contributed by atoms with Crippen LogP contribution >= 0.6 is 15.9 Å². The highest BCUT2D eigenvalue weighted by Crippen LogP contribution is 2.48. The first-order valence-corrected chi connectivity index (χ1v) is 6.43. The molecule has 2 aromatic rings. The second-order valence-electron chi connectivity index (χ2n) is 4.32. The summed E-state index contributed by atoms with van der Waals surface area (Å²) in [7, 11) is 0. The number of hydrogen-bond acceptors (Lipinski definition) is 0. The van der Waals surface area contributed by atoms with E-state index in [2.05, 4.69) is 70.5 Å². The summed E-state index contributed by atoms with van der Waals surface area (Å²) >= 11 is 3.95. The molecule has 16 heavy (non-hydrogen) atoms. The molecule has 0 aliphatic heterocycles. The number of alkyl halides is 1. The van der Waals surface area contributed by atoms with Crippen molar-refractivity contribution in [3.63, 3.8) is 0 Å². The first-order chi connectivity index (χ1) is 7.81. The molecule has 0 saturated carbocycles. The smallest absolute Gasteiger partial charge is 0.0749 e. The van der Waals surface area contributed by atoms with E-state index in [9.17, 15) is 0 Å². The highest BCUT2D eigenvalue weighted by atomic mass is 79.9. The van der Waals surface area contributed by atoms with E-state index < -0.39 is 0 Å². The lowest BCUT2D eigenvalue weighted by Crippen LogP contribution is -2.15. The quantitative estimate of drug-likeness (QED) is 0.681. The summed E-state index contributed by atoms with van der Waals surface area (Å²) in [6.45, 7) is 0. The molecule has 0 spiro atoms. The summed E-state index contributed by atoms with van der Waals surface area (Å²) in [5, 5.41) is 0. The van der Waals surface area contributed by atoms with Gasteiger partial charge in [-0.1, -0.05) is 70.5 Å². The van der Waals surface area contributed by atoms with Gasteiger partial charge in [-0.2, -0.15) is 0 Å². The van der Waals surface area contributed by atoms with Crippen LogP contribution < -0.4 is 0 Å². The number of rotatable bonds is 1. The number of fused-ring (bicyclic) bond motifs is 1. The van der Waals surface area contributed by atoms with Crippen LogP contribution in [0.4, 0.5) is 0 Å². The van der Waals surface area contributed by atoms with Gasteiger partial charge in [-0.3, -0.25) is 0 Å². The number of hydrogen-bond donors (Lipinski definition) is 0. The molecule has 0 bridgehead atoms. The summed E-state index contributed by atoms with van der Waals surface area (Å²) in [4.78, 5) is 0. The van der Waals surface area contributed by atoms with Crippen molar-refractivity contribution in [3.8, 4) is 0 Å². The van der Waals surface area contributed by atoms with Crippen molar-refractivity contribution in [1.82, 2.24) is 0 Å². The Hall–Kier alpha value is -1.08. The van der Waals surface area contributed by atoms with Gasteiger partial charge in [-0.05, 0) is 29.5 Å². The van der Waals surface area contributed by atoms with Crippen LogP contribution in [0.3, 0.4) is 0 Å². The summed E-state index contributed by atoms with van der Waals surface area (Å²) in [6.07, 6.45) is 2.31. The molecule has 0 nitrogen and oxygen atoms in total. The molecule has 0 heterocycles. The minimum Gasteiger partial charge on any atom is -0.0749 e. The minimum absolute atomic E-state index is 0.0326. The van der Waals surface area contributed by atoms with Gasteiger partial charge < -0.3 is 0 Å². The van der Waals surface area contributed by atoms with Crippen molar-refractivity contribution in [2.75, 3.05) is 0 Å². The zero-order chi connectivity index (χ0) is 11.0. The average Bonchev–Trinajstić information content (AvgIpc) is 2.71. The molecule has 0 N–H and O–H groups in total. The Morgan fingerprint density at radius 3 is 2.38 bits per heavy atom. The zero-order valence-electron chi connectivity index (χ0n) is 8.99. The normalized spacial score (nSPS) is 23.1. The lowest BCUT2D eigenvalue weighted by atomic mass is 9.93. The van der Waals surface area contributed by atoms with E-state index in [4.69, 9.17) is 0 Å². The number of benzene rings is 2. The first-order valence-electron chi connectivity index (χ1n) is 5.63. The largest absolute Gasteiger partial charge is 0.0760 e. The van der Waals surface area contributed by atoms with Crippen LogP contribution in [0.1, 0.15) is 23.1 Å². The fourth-order valence-electron chi connectivity index (χ4n) is 2.57. The van der Waals surface area contributed by atoms with Gasteiger partial charge in [-0.15, -0.1) is 0 Å². The van der Waals surface area contributed by atoms with Crippen molar-refractivity contribution in [2.45, 2.75) is 17.2 Å². The molecule has 0 amide bonds. The maximum absolute atomic E-state index is 3.95. The molecule has 80 valence electrons. The van der Waals surface area contributed by atoms with Crippen molar-refractivity contribution >= 4 is 15.9 Å². The molecule has 3 rings (SSSR count). The maximum atomic E-state index is 3.95. The fraction of sp³-hybridized carbons (Fsp3) is 0.200. The number of halogens is 1. The maximum Gasteiger partial charge on any atom is 0.0760 e. The van der Waals surface area contributed by atoms with Gasteiger partial charge in [0.2, 0.25) is 0 Å². The Kier molecular flexibility index (Phi) is 2.36. The molecular formula is C15H13Br. The molecule has 1 atom stereocenters. The second-order valence-corrected chi connectivity index (χ2v) is 5.68. The van der Waals surface area contributed by atoms with Gasteiger partial charge in [0.25, 0.3) is 0 Å². The molecule has 0 fully saturated rings. The van der Waals surface area contributed by atoms with Gasteiger partial charge in [-0.25, -0.2) is 0 Å². The van der Waals surface area contributed by atoms with Crippen molar-refractivity contribution < 1.29 is 0 Å². The van der Waals surface area contributed by atoms with Crippen LogP contribution in [0.2, 0.25) is 0 Å². The summed E-state index contributed by atoms with van der Waals surface area (Å²) in [5.74, 6) is 0. The Morgan fingerprint density at radius 1 is 0.875 bits per heavy atom. The molecule has 1 unspecified atom stereocenters. The van der Waals surface area contributed by atoms with Crippen LogP contribution in [0.15, 0.2) is 54.6 Å². The van der Waals surface area contributed by atoms with E-state index in [-0.39, 0.29) is 4.32 Å². The second kappa shape index (κ2) is 3.74. The molecule has 0 aromatic heterocycles. The van der Waals surface area contributed by atoms with Gasteiger partial charge in [0, 0.05) is 0 Å². The predicted molar refractivity (Wildman–Crippen MR) is 70.9 cm³/mol. The van der Waals surface area contributed by atoms with Gasteiger partial charge in [0.15, 0.2) is 0 Å². The summed E-state index contributed by atoms with van der Waals surface area (Å²) in [5.41, 5.74) is 4.27. The molecule has 0 saturated heterocycles. The zero-order valence-corrected chi connectivity index (χ0v) is 10.6. The topological polar surface area (TPSA) is 0 Å². The van der Waals surface area contributed by atoms with Gasteiger partial charge >= 0.3 is 0 Å². The van der Waals surface area contributed by atoms with E-state index >= 15 is 0 Å². The van der Waals surface area contributed by atoms with E-state index in [0.29, 0.717) is 0 Å². The van der Waals surface area contributed by atoms with Crippen molar-refractivity contribution in [2.24, 2.45) is 0 Å². The van der Waals surface area contributed by atoms with Crippen LogP contribution in [0.5, 0.6) is 0 Å². The Bertz CT molecular complexity index is 504. The third kappa shape index (κ3) is 1.42. The summed E-state index contributed by atoms with van der Waals surface area (Å²) in [6, 6.07) is 19.4. The van der Waals surface area contributed by atoms with Crippen molar-refractivity contribution in [1.29, 1.82) is 0 Å². The predicted octanol–water partition coefficient (Wildman–Crippen LogP) is 4.27. The average molecular weight is 273 g/mol. The Morgan fingerprint density at radius 2 is 1.56 bits per heavy atom. The highest BCUT2D eigenvalue weighted by molar-refractivity contribution is 9.09. The van der Waals surface area contributed by atoms with Crippen molar-refractivity contribution in [3.05, 3.63) is 71.3 Å². The standard InChI is InChI=1S/C15H13Br/c16-15(13-7-2-1-3-8-13)11-10-12-6-4-5-9-14(12)15/h1-9H,10-11H2. The van der Waals surface area contributed by atoms with E-state index in [0.717, 1.165) is 12.8 Å². The third-order valence-corrected chi connectivity index (χ3v) is 4.70. The molecule has 1 heteroatoms. The molecule has 0 radical (unpaired) electrons. The molecule has 1 aliphatic rings. The Balaban J connectivity index is 2.15. The fourth-order valence-corrected chi connectivity index (χ4v) is 3.42. The van der Waals surface area contributed by atoms with E-state index in [1.807, 2.05) is 0 Å². The molecule has 1 aliphatic carbocycles. The van der Waals surface area contributed by atoms with Crippen LogP contribution in [-0.4, -0.2) is 0 Å². The third-order valence-electron chi connectivity index (χ3n) is 3.41. The van der Waals surface area contributed by atoms with E-state index in [1.54, 1.807) is 0 Å². The highest BCUT2D eigenvalue weighted by Gasteiger charge is 2.37. The first kappa shape index (κ1) is 10.1. The monoisotopic (exact) mass is 272 g/mol. The van der Waals surface area contributed by atoms with Crippen LogP contribution in [0, 0.1) is 0 Å². The van der Waals surface area contributed by atoms with Gasteiger partial charge in [0.1, 0.15) is 0 Å². The molecule has 2 aromatic carbocycles. The van der Waals surface area contributed by atoms with Gasteiger partial charge in [0.05, 0.1) is 4.32 Å². The summed E-state index contributed by atoms with van der Waals surface area (Å²) < 4.78 is 0.0326. The lowest BCUT2D eigenvalue weighted by molar-refractivity contribution is 0.740. The SMILES string of the molecule is BrC1(c2ccccc2)CCc2ccccc21.